The summed E-state index contributed by atoms with van der Waals surface area (Å²) in [6, 6.07) is 24.2. The van der Waals surface area contributed by atoms with Gasteiger partial charge in [0.05, 0.1) is 11.0 Å². The lowest BCUT2D eigenvalue weighted by Crippen LogP contribution is -2.35. The molecule has 6 rings (SSSR count). The molecule has 1 N–H and O–H groups in total. The van der Waals surface area contributed by atoms with E-state index in [9.17, 15) is 4.79 Å². The number of nitrogens with one attached hydrogen (secondary N) is 1. The van der Waals surface area contributed by atoms with Gasteiger partial charge in [0.15, 0.2) is 0 Å². The number of benzene rings is 3. The first-order valence-electron chi connectivity index (χ1n) is 10.2. The molecular weight excluding hydrogens is 372 g/mol. The van der Waals surface area contributed by atoms with Gasteiger partial charge in [-0.15, -0.1) is 0 Å². The van der Waals surface area contributed by atoms with E-state index in [-0.39, 0.29) is 5.91 Å². The van der Waals surface area contributed by atoms with Crippen molar-refractivity contribution >= 4 is 27.8 Å². The fourth-order valence-corrected chi connectivity index (χ4v) is 4.45. The first-order chi connectivity index (χ1) is 14.8. The van der Waals surface area contributed by atoms with Crippen molar-refractivity contribution in [2.24, 2.45) is 0 Å². The first-order valence-corrected chi connectivity index (χ1v) is 10.2. The molecule has 1 aliphatic heterocycles. The van der Waals surface area contributed by atoms with Crippen LogP contribution in [0.2, 0.25) is 0 Å². The van der Waals surface area contributed by atoms with Crippen molar-refractivity contribution < 1.29 is 4.79 Å². The molecule has 1 amide bonds. The van der Waals surface area contributed by atoms with Crippen molar-refractivity contribution in [3.63, 3.8) is 0 Å². The summed E-state index contributed by atoms with van der Waals surface area (Å²) in [7, 11) is 0. The number of aromatic nitrogens is 3. The van der Waals surface area contributed by atoms with Gasteiger partial charge in [-0.1, -0.05) is 30.3 Å². The Bertz CT molecular complexity index is 1390. The van der Waals surface area contributed by atoms with Crippen LogP contribution in [0.3, 0.4) is 0 Å². The maximum absolute atomic E-state index is 13.2. The van der Waals surface area contributed by atoms with Crippen LogP contribution in [0.5, 0.6) is 0 Å². The molecule has 0 saturated heterocycles. The molecule has 1 aliphatic rings. The first kappa shape index (κ1) is 17.0. The molecule has 0 radical (unpaired) electrons. The summed E-state index contributed by atoms with van der Waals surface area (Å²) < 4.78 is 2.04. The molecule has 146 valence electrons. The van der Waals surface area contributed by atoms with E-state index in [0.717, 1.165) is 35.2 Å². The molecule has 0 saturated carbocycles. The predicted molar refractivity (Wildman–Crippen MR) is 118 cm³/mol. The number of nitrogens with zero attached hydrogens (tertiary/aromatic N) is 3. The molecule has 3 aromatic carbocycles. The smallest absolute Gasteiger partial charge is 0.254 e. The Morgan fingerprint density at radius 3 is 2.63 bits per heavy atom. The van der Waals surface area contributed by atoms with Crippen molar-refractivity contribution in [2.45, 2.75) is 13.0 Å². The van der Waals surface area contributed by atoms with Crippen molar-refractivity contribution in [1.29, 1.82) is 0 Å². The standard InChI is InChI=1S/C25H20N4O/c30-25(28-14-13-22-20(15-28)19-5-1-2-6-21(19)27-22)17-9-11-18(12-10-17)29-16-26-23-7-3-4-8-24(23)29/h1-12,16,27H,13-15H2. The van der Waals surface area contributed by atoms with Crippen LogP contribution in [-0.4, -0.2) is 31.9 Å². The van der Waals surface area contributed by atoms with Crippen LogP contribution in [-0.2, 0) is 13.0 Å². The molecule has 0 atom stereocenters. The van der Waals surface area contributed by atoms with Crippen molar-refractivity contribution in [3.8, 4) is 5.69 Å². The second-order valence-corrected chi connectivity index (χ2v) is 7.75. The molecule has 5 aromatic rings. The van der Waals surface area contributed by atoms with Gasteiger partial charge >= 0.3 is 0 Å². The van der Waals surface area contributed by atoms with Crippen LogP contribution in [0.25, 0.3) is 27.6 Å². The number of amides is 1. The number of para-hydroxylation sites is 3. The monoisotopic (exact) mass is 392 g/mol. The van der Waals surface area contributed by atoms with Crippen molar-refractivity contribution in [2.75, 3.05) is 6.54 Å². The SMILES string of the molecule is O=C(c1ccc(-n2cnc3ccccc32)cc1)N1CCc2[nH]c3ccccc3c2C1. The highest BCUT2D eigenvalue weighted by Gasteiger charge is 2.24. The van der Waals surface area contributed by atoms with Crippen LogP contribution in [0.1, 0.15) is 21.6 Å². The fourth-order valence-electron chi connectivity index (χ4n) is 4.45. The Morgan fingerprint density at radius 2 is 1.73 bits per heavy atom. The van der Waals surface area contributed by atoms with Gasteiger partial charge in [-0.25, -0.2) is 4.98 Å². The number of aromatic amines is 1. The number of imidazole rings is 1. The third-order valence-corrected chi connectivity index (χ3v) is 6.02. The van der Waals surface area contributed by atoms with E-state index in [0.29, 0.717) is 12.1 Å². The van der Waals surface area contributed by atoms with Gasteiger partial charge in [0, 0.05) is 52.9 Å². The lowest BCUT2D eigenvalue weighted by Gasteiger charge is -2.27. The van der Waals surface area contributed by atoms with Crippen LogP contribution in [0, 0.1) is 0 Å². The molecule has 0 unspecified atom stereocenters. The van der Waals surface area contributed by atoms with Crippen LogP contribution in [0.4, 0.5) is 0 Å². The number of rotatable bonds is 2. The van der Waals surface area contributed by atoms with Gasteiger partial charge in [0.2, 0.25) is 0 Å². The minimum absolute atomic E-state index is 0.0768. The summed E-state index contributed by atoms with van der Waals surface area (Å²) in [6.45, 7) is 1.37. The van der Waals surface area contributed by atoms with Gasteiger partial charge in [0.25, 0.3) is 5.91 Å². The zero-order valence-electron chi connectivity index (χ0n) is 16.4. The normalized spacial score (nSPS) is 13.7. The number of fused-ring (bicyclic) bond motifs is 4. The average Bonchev–Trinajstić information content (AvgIpc) is 3.40. The Morgan fingerprint density at radius 1 is 0.933 bits per heavy atom. The summed E-state index contributed by atoms with van der Waals surface area (Å²) in [5.74, 6) is 0.0768. The van der Waals surface area contributed by atoms with E-state index in [1.807, 2.05) is 70.4 Å². The quantitative estimate of drug-likeness (QED) is 0.473. The van der Waals surface area contributed by atoms with E-state index in [2.05, 4.69) is 28.2 Å². The highest BCUT2D eigenvalue weighted by Crippen LogP contribution is 2.28. The lowest BCUT2D eigenvalue weighted by atomic mass is 10.0. The summed E-state index contributed by atoms with van der Waals surface area (Å²) in [6.07, 6.45) is 2.68. The number of hydrogen-bond donors (Lipinski definition) is 1. The molecule has 5 heteroatoms. The van der Waals surface area contributed by atoms with Crippen LogP contribution in [0.15, 0.2) is 79.1 Å². The second kappa shape index (κ2) is 6.59. The number of carbonyl (C=O) groups excluding carboxylic acids is 1. The van der Waals surface area contributed by atoms with Gasteiger partial charge in [-0.05, 0) is 42.5 Å². The predicted octanol–water partition coefficient (Wildman–Crippen LogP) is 4.71. The molecule has 30 heavy (non-hydrogen) atoms. The zero-order chi connectivity index (χ0) is 20.1. The van der Waals surface area contributed by atoms with E-state index in [1.54, 1.807) is 0 Å². The van der Waals surface area contributed by atoms with Crippen LogP contribution >= 0.6 is 0 Å². The maximum atomic E-state index is 13.2. The minimum atomic E-state index is 0.0768. The molecule has 3 heterocycles. The molecule has 0 spiro atoms. The van der Waals surface area contributed by atoms with Gasteiger partial charge in [0.1, 0.15) is 6.33 Å². The summed E-state index contributed by atoms with van der Waals surface area (Å²) in [5, 5.41) is 1.22. The summed E-state index contributed by atoms with van der Waals surface area (Å²) in [5.41, 5.74) is 7.37. The molecular formula is C25H20N4O. The van der Waals surface area contributed by atoms with E-state index < -0.39 is 0 Å². The Hall–Kier alpha value is -3.86. The number of H-pyrrole nitrogens is 1. The molecule has 0 bridgehead atoms. The molecule has 5 nitrogen and oxygen atoms in total. The number of carbonyl (C=O) groups is 1. The van der Waals surface area contributed by atoms with E-state index in [1.165, 1.54) is 16.6 Å². The highest BCUT2D eigenvalue weighted by atomic mass is 16.2. The summed E-state index contributed by atoms with van der Waals surface area (Å²) >= 11 is 0. The third-order valence-electron chi connectivity index (χ3n) is 6.02. The Balaban J connectivity index is 1.28. The van der Waals surface area contributed by atoms with Crippen LogP contribution < -0.4 is 0 Å². The summed E-state index contributed by atoms with van der Waals surface area (Å²) in [4.78, 5) is 23.1. The average molecular weight is 392 g/mol. The van der Waals surface area contributed by atoms with Crippen molar-refractivity contribution in [3.05, 3.63) is 95.9 Å². The maximum Gasteiger partial charge on any atom is 0.254 e. The Labute approximate surface area is 173 Å². The zero-order valence-corrected chi connectivity index (χ0v) is 16.4. The molecule has 0 aliphatic carbocycles. The van der Waals surface area contributed by atoms with E-state index in [4.69, 9.17) is 0 Å². The second-order valence-electron chi connectivity index (χ2n) is 7.75. The van der Waals surface area contributed by atoms with Gasteiger partial charge < -0.3 is 9.88 Å². The molecule has 0 fully saturated rings. The molecule has 2 aromatic heterocycles. The lowest BCUT2D eigenvalue weighted by molar-refractivity contribution is 0.0735. The van der Waals surface area contributed by atoms with Crippen molar-refractivity contribution in [1.82, 2.24) is 19.4 Å². The van der Waals surface area contributed by atoms with Gasteiger partial charge in [-0.3, -0.25) is 9.36 Å². The minimum Gasteiger partial charge on any atom is -0.358 e. The largest absolute Gasteiger partial charge is 0.358 e. The highest BCUT2D eigenvalue weighted by molar-refractivity contribution is 5.95. The fraction of sp³-hybridized carbons (Fsp3) is 0.120. The van der Waals surface area contributed by atoms with Gasteiger partial charge in [-0.2, -0.15) is 0 Å². The topological polar surface area (TPSA) is 53.9 Å². The third kappa shape index (κ3) is 2.63. The van der Waals surface area contributed by atoms with E-state index >= 15 is 0 Å². The number of hydrogen-bond acceptors (Lipinski definition) is 2. The Kier molecular flexibility index (Phi) is 3.74.